The van der Waals surface area contributed by atoms with Crippen LogP contribution in [0.2, 0.25) is 0 Å². The number of esters is 1. The predicted octanol–water partition coefficient (Wildman–Crippen LogP) is 2.30. The van der Waals surface area contributed by atoms with E-state index in [9.17, 15) is 9.59 Å². The van der Waals surface area contributed by atoms with E-state index in [1.807, 2.05) is 18.2 Å². The van der Waals surface area contributed by atoms with Crippen LogP contribution in [0.5, 0.6) is 5.75 Å². The molecule has 22 heavy (non-hydrogen) atoms. The van der Waals surface area contributed by atoms with Crippen LogP contribution in [0.1, 0.15) is 32.6 Å². The van der Waals surface area contributed by atoms with Gasteiger partial charge in [0.25, 0.3) is 5.91 Å². The second kappa shape index (κ2) is 8.41. The van der Waals surface area contributed by atoms with E-state index in [0.29, 0.717) is 11.7 Å². The minimum Gasteiger partial charge on any atom is -0.482 e. The van der Waals surface area contributed by atoms with Crippen LogP contribution in [0.15, 0.2) is 30.3 Å². The van der Waals surface area contributed by atoms with Gasteiger partial charge in [0.1, 0.15) is 5.75 Å². The van der Waals surface area contributed by atoms with Crippen molar-refractivity contribution in [3.8, 4) is 5.75 Å². The van der Waals surface area contributed by atoms with Gasteiger partial charge in [0, 0.05) is 6.04 Å². The molecule has 120 valence electrons. The Morgan fingerprint density at radius 2 is 1.86 bits per heavy atom. The first-order valence-electron chi connectivity index (χ1n) is 7.78. The molecule has 1 fully saturated rings. The van der Waals surface area contributed by atoms with Gasteiger partial charge in [-0.25, -0.2) is 4.79 Å². The van der Waals surface area contributed by atoms with Gasteiger partial charge >= 0.3 is 5.97 Å². The Morgan fingerprint density at radius 3 is 2.59 bits per heavy atom. The van der Waals surface area contributed by atoms with Crippen LogP contribution in [-0.2, 0) is 14.3 Å². The molecule has 1 aromatic carbocycles. The van der Waals surface area contributed by atoms with E-state index in [2.05, 4.69) is 12.2 Å². The molecule has 5 heteroatoms. The zero-order valence-electron chi connectivity index (χ0n) is 12.9. The Kier molecular flexibility index (Phi) is 6.25. The third kappa shape index (κ3) is 5.39. The SMILES string of the molecule is CC1CCCCC1NC(=O)COC(=O)COc1ccccc1. The number of benzene rings is 1. The molecule has 1 aliphatic rings. The summed E-state index contributed by atoms with van der Waals surface area (Å²) in [6.07, 6.45) is 4.49. The fourth-order valence-electron chi connectivity index (χ4n) is 2.63. The molecule has 0 heterocycles. The fourth-order valence-corrected chi connectivity index (χ4v) is 2.63. The summed E-state index contributed by atoms with van der Waals surface area (Å²) in [6, 6.07) is 9.20. The average Bonchev–Trinajstić information content (AvgIpc) is 2.54. The van der Waals surface area contributed by atoms with E-state index in [1.54, 1.807) is 12.1 Å². The Labute approximate surface area is 131 Å². The summed E-state index contributed by atoms with van der Waals surface area (Å²) in [5, 5.41) is 2.94. The van der Waals surface area contributed by atoms with Gasteiger partial charge in [0.05, 0.1) is 0 Å². The Hall–Kier alpha value is -2.04. The van der Waals surface area contributed by atoms with E-state index in [1.165, 1.54) is 6.42 Å². The van der Waals surface area contributed by atoms with Gasteiger partial charge in [-0.3, -0.25) is 4.79 Å². The van der Waals surface area contributed by atoms with E-state index < -0.39 is 5.97 Å². The number of amides is 1. The van der Waals surface area contributed by atoms with Crippen molar-refractivity contribution in [1.82, 2.24) is 5.32 Å². The summed E-state index contributed by atoms with van der Waals surface area (Å²) < 4.78 is 10.2. The van der Waals surface area contributed by atoms with Crippen molar-refractivity contribution in [1.29, 1.82) is 0 Å². The lowest BCUT2D eigenvalue weighted by atomic mass is 9.86. The predicted molar refractivity (Wildman–Crippen MR) is 82.5 cm³/mol. The highest BCUT2D eigenvalue weighted by Crippen LogP contribution is 2.23. The molecule has 0 aromatic heterocycles. The summed E-state index contributed by atoms with van der Waals surface area (Å²) in [6.45, 7) is 1.70. The number of carbonyl (C=O) groups is 2. The molecule has 0 saturated heterocycles. The molecule has 1 aromatic rings. The number of rotatable bonds is 6. The van der Waals surface area contributed by atoms with Crippen molar-refractivity contribution >= 4 is 11.9 Å². The third-order valence-electron chi connectivity index (χ3n) is 3.92. The first-order chi connectivity index (χ1) is 10.6. The topological polar surface area (TPSA) is 64.6 Å². The zero-order chi connectivity index (χ0) is 15.8. The maximum atomic E-state index is 11.8. The molecule has 0 spiro atoms. The summed E-state index contributed by atoms with van der Waals surface area (Å²) in [5.74, 6) is 0.289. The minimum absolute atomic E-state index is 0.195. The van der Waals surface area contributed by atoms with Crippen LogP contribution in [0.3, 0.4) is 0 Å². The smallest absolute Gasteiger partial charge is 0.344 e. The van der Waals surface area contributed by atoms with Crippen LogP contribution < -0.4 is 10.1 Å². The van der Waals surface area contributed by atoms with Gasteiger partial charge < -0.3 is 14.8 Å². The van der Waals surface area contributed by atoms with Gasteiger partial charge in [0.2, 0.25) is 0 Å². The molecule has 1 N–H and O–H groups in total. The number of hydrogen-bond acceptors (Lipinski definition) is 4. The van der Waals surface area contributed by atoms with E-state index in [0.717, 1.165) is 19.3 Å². The summed E-state index contributed by atoms with van der Waals surface area (Å²) in [5.41, 5.74) is 0. The first kappa shape index (κ1) is 16.3. The molecular formula is C17H23NO4. The third-order valence-corrected chi connectivity index (χ3v) is 3.92. The monoisotopic (exact) mass is 305 g/mol. The maximum absolute atomic E-state index is 11.8. The highest BCUT2D eigenvalue weighted by atomic mass is 16.6. The van der Waals surface area contributed by atoms with E-state index in [-0.39, 0.29) is 25.2 Å². The zero-order valence-corrected chi connectivity index (χ0v) is 12.9. The molecule has 2 rings (SSSR count). The summed E-state index contributed by atoms with van der Waals surface area (Å²) in [4.78, 5) is 23.4. The highest BCUT2D eigenvalue weighted by Gasteiger charge is 2.23. The quantitative estimate of drug-likeness (QED) is 0.819. The Balaban J connectivity index is 1.64. The molecule has 5 nitrogen and oxygen atoms in total. The summed E-state index contributed by atoms with van der Waals surface area (Å²) >= 11 is 0. The lowest BCUT2D eigenvalue weighted by Crippen LogP contribution is -2.43. The molecule has 2 atom stereocenters. The van der Waals surface area contributed by atoms with Gasteiger partial charge in [-0.2, -0.15) is 0 Å². The number of carbonyl (C=O) groups excluding carboxylic acids is 2. The largest absolute Gasteiger partial charge is 0.482 e. The van der Waals surface area contributed by atoms with Crippen molar-refractivity contribution < 1.29 is 19.1 Å². The number of nitrogens with one attached hydrogen (secondary N) is 1. The lowest BCUT2D eigenvalue weighted by molar-refractivity contribution is -0.150. The average molecular weight is 305 g/mol. The first-order valence-corrected chi connectivity index (χ1v) is 7.78. The highest BCUT2D eigenvalue weighted by molar-refractivity contribution is 5.81. The summed E-state index contributed by atoms with van der Waals surface area (Å²) in [7, 11) is 0. The van der Waals surface area contributed by atoms with Gasteiger partial charge in [-0.15, -0.1) is 0 Å². The standard InChI is InChI=1S/C17H23NO4/c1-13-7-5-6-10-15(13)18-16(19)11-22-17(20)12-21-14-8-3-2-4-9-14/h2-4,8-9,13,15H,5-7,10-12H2,1H3,(H,18,19). The van der Waals surface area contributed by atoms with E-state index in [4.69, 9.17) is 9.47 Å². The normalized spacial score (nSPS) is 21.0. The molecular weight excluding hydrogens is 282 g/mol. The van der Waals surface area contributed by atoms with Crippen molar-refractivity contribution in [2.24, 2.45) is 5.92 Å². The van der Waals surface area contributed by atoms with Gasteiger partial charge in [-0.1, -0.05) is 38.0 Å². The molecule has 1 saturated carbocycles. The lowest BCUT2D eigenvalue weighted by Gasteiger charge is -2.29. The second-order valence-electron chi connectivity index (χ2n) is 5.70. The van der Waals surface area contributed by atoms with Crippen molar-refractivity contribution in [3.63, 3.8) is 0 Å². The Bertz CT molecular complexity index is 489. The molecule has 0 bridgehead atoms. The minimum atomic E-state index is -0.546. The second-order valence-corrected chi connectivity index (χ2v) is 5.70. The van der Waals surface area contributed by atoms with Crippen LogP contribution in [0, 0.1) is 5.92 Å². The van der Waals surface area contributed by atoms with Gasteiger partial charge in [-0.05, 0) is 30.9 Å². The number of ether oxygens (including phenoxy) is 2. The Morgan fingerprint density at radius 1 is 1.14 bits per heavy atom. The van der Waals surface area contributed by atoms with Crippen LogP contribution in [-0.4, -0.2) is 31.1 Å². The van der Waals surface area contributed by atoms with Crippen molar-refractivity contribution in [2.45, 2.75) is 38.6 Å². The van der Waals surface area contributed by atoms with Crippen LogP contribution in [0.25, 0.3) is 0 Å². The van der Waals surface area contributed by atoms with E-state index >= 15 is 0 Å². The van der Waals surface area contributed by atoms with Crippen LogP contribution >= 0.6 is 0 Å². The van der Waals surface area contributed by atoms with Crippen molar-refractivity contribution in [3.05, 3.63) is 30.3 Å². The molecule has 1 amide bonds. The molecule has 1 aliphatic carbocycles. The molecule has 0 radical (unpaired) electrons. The molecule has 2 unspecified atom stereocenters. The molecule has 0 aliphatic heterocycles. The van der Waals surface area contributed by atoms with Gasteiger partial charge in [0.15, 0.2) is 13.2 Å². The maximum Gasteiger partial charge on any atom is 0.344 e. The fraction of sp³-hybridized carbons (Fsp3) is 0.529. The van der Waals surface area contributed by atoms with Crippen LogP contribution in [0.4, 0.5) is 0 Å². The number of hydrogen-bond donors (Lipinski definition) is 1. The van der Waals surface area contributed by atoms with Crippen molar-refractivity contribution in [2.75, 3.05) is 13.2 Å². The number of para-hydroxylation sites is 1.